The molecular weight excluding hydrogens is 257 g/mol. The summed E-state index contributed by atoms with van der Waals surface area (Å²) in [6.45, 7) is 0. The molecule has 0 bridgehead atoms. The highest BCUT2D eigenvalue weighted by molar-refractivity contribution is 5.58. The predicted octanol–water partition coefficient (Wildman–Crippen LogP) is 2.59. The molecule has 4 nitrogen and oxygen atoms in total. The van der Waals surface area contributed by atoms with E-state index in [1.54, 1.807) is 6.20 Å². The van der Waals surface area contributed by atoms with Crippen LogP contribution < -0.4 is 5.32 Å². The third-order valence-corrected chi connectivity index (χ3v) is 3.67. The maximum atomic E-state index is 13.3. The first-order valence-corrected chi connectivity index (χ1v) is 6.70. The normalized spacial score (nSPS) is 17.8. The third kappa shape index (κ3) is 2.36. The zero-order chi connectivity index (χ0) is 14.1. The van der Waals surface area contributed by atoms with Gasteiger partial charge in [-0.3, -0.25) is 0 Å². The first-order chi connectivity index (χ1) is 9.67. The average molecular weight is 273 g/mol. The van der Waals surface area contributed by atoms with Crippen LogP contribution in [0.3, 0.4) is 0 Å². The molecule has 3 rings (SSSR count). The SMILES string of the molecule is CNC1CCCc2nc(-c3cc(O)cc(F)c3)ncc21. The van der Waals surface area contributed by atoms with Crippen molar-refractivity contribution in [1.29, 1.82) is 0 Å². The van der Waals surface area contributed by atoms with Crippen LogP contribution in [0.1, 0.15) is 30.1 Å². The van der Waals surface area contributed by atoms with Crippen LogP contribution in [0.5, 0.6) is 5.75 Å². The number of aryl methyl sites for hydroxylation is 1. The molecule has 2 N–H and O–H groups in total. The molecule has 1 aromatic carbocycles. The maximum absolute atomic E-state index is 13.3. The largest absolute Gasteiger partial charge is 0.508 e. The highest BCUT2D eigenvalue weighted by atomic mass is 19.1. The number of phenols is 1. The van der Waals surface area contributed by atoms with E-state index in [2.05, 4.69) is 15.3 Å². The number of hydrogen-bond donors (Lipinski definition) is 2. The molecule has 20 heavy (non-hydrogen) atoms. The summed E-state index contributed by atoms with van der Waals surface area (Å²) in [5, 5.41) is 12.7. The number of rotatable bonds is 2. The van der Waals surface area contributed by atoms with Crippen LogP contribution in [-0.2, 0) is 6.42 Å². The van der Waals surface area contributed by atoms with Crippen molar-refractivity contribution in [3.05, 3.63) is 41.5 Å². The van der Waals surface area contributed by atoms with E-state index in [1.165, 1.54) is 12.1 Å². The summed E-state index contributed by atoms with van der Waals surface area (Å²) in [5.74, 6) is -0.154. The number of benzene rings is 1. The Balaban J connectivity index is 2.04. The Hall–Kier alpha value is -2.01. The van der Waals surface area contributed by atoms with Crippen molar-refractivity contribution in [3.8, 4) is 17.1 Å². The van der Waals surface area contributed by atoms with Crippen LogP contribution in [-0.4, -0.2) is 22.1 Å². The summed E-state index contributed by atoms with van der Waals surface area (Å²) in [4.78, 5) is 8.85. The van der Waals surface area contributed by atoms with Crippen LogP contribution in [0, 0.1) is 5.82 Å². The molecule has 0 spiro atoms. The standard InChI is InChI=1S/C15H16FN3O/c1-17-13-3-2-4-14-12(13)8-18-15(19-14)9-5-10(16)7-11(20)6-9/h5-8,13,17,20H,2-4H2,1H3. The van der Waals surface area contributed by atoms with Gasteiger partial charge in [-0.05, 0) is 38.4 Å². The zero-order valence-corrected chi connectivity index (χ0v) is 11.2. The smallest absolute Gasteiger partial charge is 0.159 e. The van der Waals surface area contributed by atoms with Crippen molar-refractivity contribution in [2.45, 2.75) is 25.3 Å². The molecule has 0 saturated carbocycles. The molecule has 104 valence electrons. The Morgan fingerprint density at radius 1 is 1.35 bits per heavy atom. The van der Waals surface area contributed by atoms with E-state index in [-0.39, 0.29) is 11.8 Å². The number of halogens is 1. The predicted molar refractivity (Wildman–Crippen MR) is 73.8 cm³/mol. The first kappa shape index (κ1) is 13.0. The number of nitrogens with one attached hydrogen (secondary N) is 1. The quantitative estimate of drug-likeness (QED) is 0.883. The van der Waals surface area contributed by atoms with Gasteiger partial charge in [-0.25, -0.2) is 14.4 Å². The van der Waals surface area contributed by atoms with Gasteiger partial charge in [0.05, 0.1) is 0 Å². The van der Waals surface area contributed by atoms with Crippen LogP contribution in [0.4, 0.5) is 4.39 Å². The first-order valence-electron chi connectivity index (χ1n) is 6.70. The van der Waals surface area contributed by atoms with E-state index in [0.29, 0.717) is 11.4 Å². The van der Waals surface area contributed by atoms with Gasteiger partial charge < -0.3 is 10.4 Å². The second kappa shape index (κ2) is 5.17. The number of aromatic hydroxyl groups is 1. The van der Waals surface area contributed by atoms with Gasteiger partial charge in [0.25, 0.3) is 0 Å². The summed E-state index contributed by atoms with van der Waals surface area (Å²) in [6, 6.07) is 4.16. The summed E-state index contributed by atoms with van der Waals surface area (Å²) in [6.07, 6.45) is 4.86. The molecule has 0 radical (unpaired) electrons. The minimum absolute atomic E-state index is 0.116. The number of hydrogen-bond acceptors (Lipinski definition) is 4. The van der Waals surface area contributed by atoms with E-state index in [9.17, 15) is 9.50 Å². The summed E-state index contributed by atoms with van der Waals surface area (Å²) < 4.78 is 13.3. The van der Waals surface area contributed by atoms with Crippen LogP contribution >= 0.6 is 0 Å². The fraction of sp³-hybridized carbons (Fsp3) is 0.333. The number of phenolic OH excluding ortho intramolecular Hbond substituents is 1. The lowest BCUT2D eigenvalue weighted by Gasteiger charge is -2.24. The number of fused-ring (bicyclic) bond motifs is 1. The van der Waals surface area contributed by atoms with Gasteiger partial charge in [0, 0.05) is 35.1 Å². The molecular formula is C15H16FN3O. The fourth-order valence-electron chi connectivity index (χ4n) is 2.69. The second-order valence-electron chi connectivity index (χ2n) is 5.03. The zero-order valence-electron chi connectivity index (χ0n) is 11.2. The van der Waals surface area contributed by atoms with Crippen molar-refractivity contribution in [2.75, 3.05) is 7.05 Å². The lowest BCUT2D eigenvalue weighted by Crippen LogP contribution is -2.22. The van der Waals surface area contributed by atoms with Gasteiger partial charge in [0.2, 0.25) is 0 Å². The fourth-order valence-corrected chi connectivity index (χ4v) is 2.69. The Bertz CT molecular complexity index is 625. The van der Waals surface area contributed by atoms with Crippen molar-refractivity contribution in [2.24, 2.45) is 0 Å². The lowest BCUT2D eigenvalue weighted by molar-refractivity contribution is 0.469. The van der Waals surface area contributed by atoms with Gasteiger partial charge in [-0.15, -0.1) is 0 Å². The highest BCUT2D eigenvalue weighted by Gasteiger charge is 2.21. The van der Waals surface area contributed by atoms with E-state index in [4.69, 9.17) is 0 Å². The molecule has 1 atom stereocenters. The van der Waals surface area contributed by atoms with Crippen molar-refractivity contribution < 1.29 is 9.50 Å². The van der Waals surface area contributed by atoms with Gasteiger partial charge in [0.1, 0.15) is 11.6 Å². The highest BCUT2D eigenvalue weighted by Crippen LogP contribution is 2.30. The second-order valence-corrected chi connectivity index (χ2v) is 5.03. The van der Waals surface area contributed by atoms with E-state index in [0.717, 1.165) is 36.6 Å². The van der Waals surface area contributed by atoms with Gasteiger partial charge >= 0.3 is 0 Å². The van der Waals surface area contributed by atoms with E-state index < -0.39 is 5.82 Å². The third-order valence-electron chi connectivity index (χ3n) is 3.67. The topological polar surface area (TPSA) is 58.0 Å². The van der Waals surface area contributed by atoms with Crippen molar-refractivity contribution >= 4 is 0 Å². The lowest BCUT2D eigenvalue weighted by atomic mass is 9.92. The average Bonchev–Trinajstić information content (AvgIpc) is 2.45. The monoisotopic (exact) mass is 273 g/mol. The Morgan fingerprint density at radius 3 is 2.95 bits per heavy atom. The molecule has 1 unspecified atom stereocenters. The maximum Gasteiger partial charge on any atom is 0.159 e. The minimum Gasteiger partial charge on any atom is -0.508 e. The summed E-state index contributed by atoms with van der Waals surface area (Å²) >= 11 is 0. The molecule has 0 aliphatic heterocycles. The van der Waals surface area contributed by atoms with Crippen LogP contribution in [0.25, 0.3) is 11.4 Å². The molecule has 1 aliphatic carbocycles. The molecule has 1 heterocycles. The molecule has 0 fully saturated rings. The van der Waals surface area contributed by atoms with Crippen molar-refractivity contribution in [1.82, 2.24) is 15.3 Å². The molecule has 2 aromatic rings. The Labute approximate surface area is 116 Å². The van der Waals surface area contributed by atoms with E-state index in [1.807, 2.05) is 7.05 Å². The Morgan fingerprint density at radius 2 is 2.20 bits per heavy atom. The molecule has 0 saturated heterocycles. The van der Waals surface area contributed by atoms with Crippen LogP contribution in [0.2, 0.25) is 0 Å². The minimum atomic E-state index is -0.491. The molecule has 0 amide bonds. The molecule has 5 heteroatoms. The number of aromatic nitrogens is 2. The molecule has 1 aliphatic rings. The summed E-state index contributed by atoms with van der Waals surface area (Å²) in [7, 11) is 1.93. The van der Waals surface area contributed by atoms with Crippen LogP contribution in [0.15, 0.2) is 24.4 Å². The number of nitrogens with zero attached hydrogens (tertiary/aromatic N) is 2. The van der Waals surface area contributed by atoms with Gasteiger partial charge in [-0.2, -0.15) is 0 Å². The van der Waals surface area contributed by atoms with Gasteiger partial charge in [-0.1, -0.05) is 0 Å². The van der Waals surface area contributed by atoms with Crippen molar-refractivity contribution in [3.63, 3.8) is 0 Å². The Kier molecular flexibility index (Phi) is 3.36. The summed E-state index contributed by atoms with van der Waals surface area (Å²) in [5.41, 5.74) is 2.62. The van der Waals surface area contributed by atoms with E-state index >= 15 is 0 Å². The molecule has 1 aromatic heterocycles. The van der Waals surface area contributed by atoms with Gasteiger partial charge in [0.15, 0.2) is 5.82 Å².